The molecular formula is C16H21BrN2O. The minimum atomic E-state index is 0.820. The Balaban J connectivity index is 1.94. The number of halogens is 1. The molecule has 1 aromatic heterocycles. The molecule has 0 amide bonds. The molecule has 0 bridgehead atoms. The van der Waals surface area contributed by atoms with Gasteiger partial charge in [-0.2, -0.15) is 0 Å². The van der Waals surface area contributed by atoms with Gasteiger partial charge in [0.2, 0.25) is 0 Å². The number of hydrogen-bond acceptors (Lipinski definition) is 3. The van der Waals surface area contributed by atoms with Gasteiger partial charge in [-0.1, -0.05) is 35.0 Å². The van der Waals surface area contributed by atoms with Crippen molar-refractivity contribution in [2.75, 3.05) is 13.6 Å². The lowest BCUT2D eigenvalue weighted by atomic mass is 10.2. The summed E-state index contributed by atoms with van der Waals surface area (Å²) >= 11 is 3.51. The van der Waals surface area contributed by atoms with E-state index in [4.69, 9.17) is 4.42 Å². The second kappa shape index (κ2) is 7.62. The first-order valence-corrected chi connectivity index (χ1v) is 7.67. The SMILES string of the molecule is CCNCc1ccoc1CN(C)Cc1cccc(Br)c1. The third-order valence-corrected chi connectivity index (χ3v) is 3.65. The van der Waals surface area contributed by atoms with Gasteiger partial charge in [-0.3, -0.25) is 4.90 Å². The van der Waals surface area contributed by atoms with E-state index in [1.54, 1.807) is 6.26 Å². The molecule has 0 spiro atoms. The Labute approximate surface area is 129 Å². The third kappa shape index (κ3) is 4.47. The molecule has 1 N–H and O–H groups in total. The van der Waals surface area contributed by atoms with Gasteiger partial charge in [0.25, 0.3) is 0 Å². The van der Waals surface area contributed by atoms with Gasteiger partial charge in [-0.25, -0.2) is 0 Å². The summed E-state index contributed by atoms with van der Waals surface area (Å²) < 4.78 is 6.72. The summed E-state index contributed by atoms with van der Waals surface area (Å²) in [5.74, 6) is 1.04. The van der Waals surface area contributed by atoms with Crippen LogP contribution in [0.4, 0.5) is 0 Å². The van der Waals surface area contributed by atoms with E-state index in [1.165, 1.54) is 11.1 Å². The second-order valence-electron chi connectivity index (χ2n) is 4.95. The monoisotopic (exact) mass is 336 g/mol. The minimum Gasteiger partial charge on any atom is -0.468 e. The topological polar surface area (TPSA) is 28.4 Å². The highest BCUT2D eigenvalue weighted by Gasteiger charge is 2.09. The lowest BCUT2D eigenvalue weighted by Crippen LogP contribution is -2.19. The first-order valence-electron chi connectivity index (χ1n) is 6.88. The lowest BCUT2D eigenvalue weighted by molar-refractivity contribution is 0.286. The van der Waals surface area contributed by atoms with Crippen molar-refractivity contribution in [3.63, 3.8) is 0 Å². The minimum absolute atomic E-state index is 0.820. The van der Waals surface area contributed by atoms with Crippen molar-refractivity contribution in [3.05, 3.63) is 58.0 Å². The number of nitrogens with zero attached hydrogens (tertiary/aromatic N) is 1. The maximum atomic E-state index is 5.60. The summed E-state index contributed by atoms with van der Waals surface area (Å²) in [6.45, 7) is 5.67. The van der Waals surface area contributed by atoms with Gasteiger partial charge in [0.1, 0.15) is 5.76 Å². The molecule has 0 saturated heterocycles. The predicted octanol–water partition coefficient (Wildman–Crippen LogP) is 3.78. The lowest BCUT2D eigenvalue weighted by Gasteiger charge is -2.16. The molecule has 20 heavy (non-hydrogen) atoms. The van der Waals surface area contributed by atoms with Gasteiger partial charge >= 0.3 is 0 Å². The largest absolute Gasteiger partial charge is 0.468 e. The van der Waals surface area contributed by atoms with Crippen LogP contribution in [0.5, 0.6) is 0 Å². The molecule has 1 heterocycles. The molecule has 0 aliphatic heterocycles. The van der Waals surface area contributed by atoms with Crippen molar-refractivity contribution in [2.45, 2.75) is 26.6 Å². The summed E-state index contributed by atoms with van der Waals surface area (Å²) in [4.78, 5) is 2.26. The molecule has 0 unspecified atom stereocenters. The highest BCUT2D eigenvalue weighted by atomic mass is 79.9. The summed E-state index contributed by atoms with van der Waals surface area (Å²) in [6, 6.07) is 10.5. The summed E-state index contributed by atoms with van der Waals surface area (Å²) in [6.07, 6.45) is 1.77. The number of benzene rings is 1. The molecule has 108 valence electrons. The number of nitrogens with one attached hydrogen (secondary N) is 1. The van der Waals surface area contributed by atoms with E-state index in [0.29, 0.717) is 0 Å². The van der Waals surface area contributed by atoms with Crippen molar-refractivity contribution in [1.82, 2.24) is 10.2 Å². The van der Waals surface area contributed by atoms with Crippen molar-refractivity contribution in [1.29, 1.82) is 0 Å². The summed E-state index contributed by atoms with van der Waals surface area (Å²) in [5, 5.41) is 3.34. The first kappa shape index (κ1) is 15.3. The number of hydrogen-bond donors (Lipinski definition) is 1. The van der Waals surface area contributed by atoms with E-state index >= 15 is 0 Å². The average Bonchev–Trinajstić information content (AvgIpc) is 2.83. The van der Waals surface area contributed by atoms with Crippen LogP contribution in [0.3, 0.4) is 0 Å². The normalized spacial score (nSPS) is 11.2. The molecule has 0 fully saturated rings. The van der Waals surface area contributed by atoms with Gasteiger partial charge in [-0.15, -0.1) is 0 Å². The summed E-state index contributed by atoms with van der Waals surface area (Å²) in [5.41, 5.74) is 2.54. The van der Waals surface area contributed by atoms with Crippen molar-refractivity contribution < 1.29 is 4.42 Å². The molecule has 0 aliphatic rings. The number of rotatable bonds is 7. The van der Waals surface area contributed by atoms with E-state index < -0.39 is 0 Å². The van der Waals surface area contributed by atoms with Crippen LogP contribution in [0.15, 0.2) is 45.5 Å². The van der Waals surface area contributed by atoms with Crippen molar-refractivity contribution in [3.8, 4) is 0 Å². The number of furan rings is 1. The molecule has 0 atom stereocenters. The Morgan fingerprint density at radius 3 is 2.85 bits per heavy atom. The first-order chi connectivity index (χ1) is 9.69. The van der Waals surface area contributed by atoms with Crippen molar-refractivity contribution in [2.24, 2.45) is 0 Å². The molecular weight excluding hydrogens is 316 g/mol. The van der Waals surface area contributed by atoms with Gasteiger partial charge in [0.15, 0.2) is 0 Å². The van der Waals surface area contributed by atoms with Crippen LogP contribution in [-0.2, 0) is 19.6 Å². The predicted molar refractivity (Wildman–Crippen MR) is 85.4 cm³/mol. The third-order valence-electron chi connectivity index (χ3n) is 3.16. The zero-order valence-electron chi connectivity index (χ0n) is 12.0. The van der Waals surface area contributed by atoms with Gasteiger partial charge in [0.05, 0.1) is 12.8 Å². The highest BCUT2D eigenvalue weighted by molar-refractivity contribution is 9.10. The Morgan fingerprint density at radius 2 is 2.10 bits per heavy atom. The molecule has 2 rings (SSSR count). The van der Waals surface area contributed by atoms with Crippen LogP contribution in [0.1, 0.15) is 23.8 Å². The molecule has 3 nitrogen and oxygen atoms in total. The maximum absolute atomic E-state index is 5.60. The van der Waals surface area contributed by atoms with E-state index in [2.05, 4.69) is 58.3 Å². The fraction of sp³-hybridized carbons (Fsp3) is 0.375. The smallest absolute Gasteiger partial charge is 0.122 e. The fourth-order valence-electron chi connectivity index (χ4n) is 2.17. The molecule has 1 aromatic carbocycles. The Kier molecular flexibility index (Phi) is 5.83. The van der Waals surface area contributed by atoms with E-state index in [9.17, 15) is 0 Å². The standard InChI is InChI=1S/C16H21BrN2O/c1-3-18-10-14-7-8-20-16(14)12-19(2)11-13-5-4-6-15(17)9-13/h4-9,18H,3,10-12H2,1-2H3. The maximum Gasteiger partial charge on any atom is 0.122 e. The molecule has 2 aromatic rings. The van der Waals surface area contributed by atoms with Crippen LogP contribution in [0, 0.1) is 0 Å². The summed E-state index contributed by atoms with van der Waals surface area (Å²) in [7, 11) is 2.11. The second-order valence-corrected chi connectivity index (χ2v) is 5.87. The van der Waals surface area contributed by atoms with Gasteiger partial charge < -0.3 is 9.73 Å². The van der Waals surface area contributed by atoms with E-state index in [-0.39, 0.29) is 0 Å². The van der Waals surface area contributed by atoms with E-state index in [1.807, 2.05) is 12.1 Å². The van der Waals surface area contributed by atoms with Crippen LogP contribution >= 0.6 is 15.9 Å². The molecule has 0 radical (unpaired) electrons. The Morgan fingerprint density at radius 1 is 1.25 bits per heavy atom. The van der Waals surface area contributed by atoms with E-state index in [0.717, 1.165) is 36.4 Å². The average molecular weight is 337 g/mol. The van der Waals surface area contributed by atoms with Gasteiger partial charge in [0, 0.05) is 23.1 Å². The van der Waals surface area contributed by atoms with Crippen LogP contribution in [0.25, 0.3) is 0 Å². The fourth-order valence-corrected chi connectivity index (χ4v) is 2.62. The van der Waals surface area contributed by atoms with Crippen LogP contribution in [-0.4, -0.2) is 18.5 Å². The highest BCUT2D eigenvalue weighted by Crippen LogP contribution is 2.16. The zero-order chi connectivity index (χ0) is 14.4. The Bertz CT molecular complexity index is 539. The Hall–Kier alpha value is -1.10. The zero-order valence-corrected chi connectivity index (χ0v) is 13.6. The van der Waals surface area contributed by atoms with Crippen LogP contribution in [0.2, 0.25) is 0 Å². The molecule has 4 heteroatoms. The molecule has 0 aliphatic carbocycles. The van der Waals surface area contributed by atoms with Crippen LogP contribution < -0.4 is 5.32 Å². The van der Waals surface area contributed by atoms with Gasteiger partial charge in [-0.05, 0) is 37.4 Å². The molecule has 0 saturated carbocycles. The quantitative estimate of drug-likeness (QED) is 0.833. The van der Waals surface area contributed by atoms with Crippen molar-refractivity contribution >= 4 is 15.9 Å².